The number of hydrogen-bond donors (Lipinski definition) is 0. The summed E-state index contributed by atoms with van der Waals surface area (Å²) < 4.78 is 66.3. The molecule has 0 aliphatic rings. The minimum Gasteiger partial charge on any atom is -0.479 e. The smallest absolute Gasteiger partial charge is 0.344 e. The topological polar surface area (TPSA) is 35.5 Å². The molecule has 0 bridgehead atoms. The molecule has 0 aliphatic carbocycles. The van der Waals surface area contributed by atoms with E-state index in [0.717, 1.165) is 12.1 Å². The Bertz CT molecular complexity index is 1080. The average Bonchev–Trinajstić information content (AvgIpc) is 2.73. The van der Waals surface area contributed by atoms with Crippen LogP contribution in [0.1, 0.15) is 18.1 Å². The highest BCUT2D eigenvalue weighted by atomic mass is 19.1. The second-order valence-electron chi connectivity index (χ2n) is 6.79. The minimum atomic E-state index is -0.925. The summed E-state index contributed by atoms with van der Waals surface area (Å²) in [5.41, 5.74) is 1.21. The van der Waals surface area contributed by atoms with Crippen LogP contribution in [0.5, 0.6) is 5.75 Å². The van der Waals surface area contributed by atoms with Crippen molar-refractivity contribution >= 4 is 5.97 Å². The maximum Gasteiger partial charge on any atom is 0.344 e. The fourth-order valence-electron chi connectivity index (χ4n) is 3.15. The molecule has 0 saturated heterocycles. The van der Waals surface area contributed by atoms with Crippen LogP contribution in [0.25, 0.3) is 11.1 Å². The predicted molar refractivity (Wildman–Crippen MR) is 108 cm³/mol. The summed E-state index contributed by atoms with van der Waals surface area (Å²) in [6, 6.07) is 12.0. The van der Waals surface area contributed by atoms with Crippen LogP contribution in [0.3, 0.4) is 0 Å². The number of rotatable bonds is 8. The van der Waals surface area contributed by atoms with Gasteiger partial charge >= 0.3 is 5.97 Å². The van der Waals surface area contributed by atoms with E-state index < -0.39 is 35.8 Å². The summed E-state index contributed by atoms with van der Waals surface area (Å²) in [6.07, 6.45) is 0.0650. The van der Waals surface area contributed by atoms with Crippen LogP contribution in [-0.2, 0) is 22.4 Å². The lowest BCUT2D eigenvalue weighted by molar-refractivity contribution is -0.145. The van der Waals surface area contributed by atoms with E-state index in [1.807, 2.05) is 0 Å². The number of halogens is 4. The molecule has 0 unspecified atom stereocenters. The summed E-state index contributed by atoms with van der Waals surface area (Å²) in [6.45, 7) is 1.28. The van der Waals surface area contributed by atoms with Crippen LogP contribution in [-0.4, -0.2) is 19.2 Å². The summed E-state index contributed by atoms with van der Waals surface area (Å²) in [5.74, 6) is -3.63. The number of benzene rings is 3. The normalized spacial score (nSPS) is 10.7. The van der Waals surface area contributed by atoms with Gasteiger partial charge in [-0.05, 0) is 72.9 Å². The van der Waals surface area contributed by atoms with E-state index in [-0.39, 0.29) is 30.8 Å². The molecule has 0 heterocycles. The van der Waals surface area contributed by atoms with Crippen LogP contribution in [0.2, 0.25) is 0 Å². The Morgan fingerprint density at radius 1 is 0.871 bits per heavy atom. The third-order valence-electron chi connectivity index (χ3n) is 4.58. The number of aryl methyl sites for hydroxylation is 1. The monoisotopic (exact) mass is 432 g/mol. The van der Waals surface area contributed by atoms with Crippen molar-refractivity contribution in [2.75, 3.05) is 13.2 Å². The van der Waals surface area contributed by atoms with Crippen molar-refractivity contribution in [2.24, 2.45) is 0 Å². The highest BCUT2D eigenvalue weighted by Crippen LogP contribution is 2.27. The van der Waals surface area contributed by atoms with E-state index in [1.54, 1.807) is 19.1 Å². The van der Waals surface area contributed by atoms with Gasteiger partial charge in [0.15, 0.2) is 18.2 Å². The van der Waals surface area contributed by atoms with Crippen LogP contribution in [0, 0.1) is 23.3 Å². The van der Waals surface area contributed by atoms with Crippen LogP contribution < -0.4 is 4.74 Å². The second kappa shape index (κ2) is 10.1. The molecule has 3 aromatic rings. The largest absolute Gasteiger partial charge is 0.479 e. The number of hydrogen-bond acceptors (Lipinski definition) is 3. The Balaban J connectivity index is 1.78. The predicted octanol–water partition coefficient (Wildman–Crippen LogP) is 5.64. The van der Waals surface area contributed by atoms with Gasteiger partial charge in [0.1, 0.15) is 17.5 Å². The van der Waals surface area contributed by atoms with Gasteiger partial charge in [0.25, 0.3) is 0 Å². The zero-order chi connectivity index (χ0) is 22.4. The lowest BCUT2D eigenvalue weighted by Crippen LogP contribution is -2.15. The van der Waals surface area contributed by atoms with E-state index in [1.165, 1.54) is 30.3 Å². The fourth-order valence-corrected chi connectivity index (χ4v) is 3.15. The van der Waals surface area contributed by atoms with Crippen LogP contribution >= 0.6 is 0 Å². The quantitative estimate of drug-likeness (QED) is 0.342. The molecule has 0 radical (unpaired) electrons. The van der Waals surface area contributed by atoms with Crippen molar-refractivity contribution in [3.05, 3.63) is 89.0 Å². The molecule has 3 rings (SSSR count). The molecule has 0 N–H and O–H groups in total. The Labute approximate surface area is 177 Å². The molecule has 162 valence electrons. The summed E-state index contributed by atoms with van der Waals surface area (Å²) in [4.78, 5) is 11.4. The van der Waals surface area contributed by atoms with Crippen molar-refractivity contribution < 1.29 is 31.8 Å². The fraction of sp³-hybridized carbons (Fsp3) is 0.208. The molecular formula is C24H20F4O3. The first-order valence-corrected chi connectivity index (χ1v) is 9.68. The standard InChI is InChI=1S/C24H20F4O3/c1-2-30-23(29)14-31-22-9-8-21(27)20(24(22)28)7-6-15-10-17(13-19(26)11-15)16-4-3-5-18(25)12-16/h3-5,8-13H,2,6-7,14H2,1H3. The molecule has 31 heavy (non-hydrogen) atoms. The number of ether oxygens (including phenoxy) is 2. The zero-order valence-corrected chi connectivity index (χ0v) is 16.8. The van der Waals surface area contributed by atoms with Gasteiger partial charge in [-0.1, -0.05) is 18.2 Å². The van der Waals surface area contributed by atoms with Crippen molar-refractivity contribution in [3.8, 4) is 16.9 Å². The molecule has 0 saturated carbocycles. The average molecular weight is 432 g/mol. The van der Waals surface area contributed by atoms with E-state index in [0.29, 0.717) is 16.7 Å². The lowest BCUT2D eigenvalue weighted by Gasteiger charge is -2.12. The van der Waals surface area contributed by atoms with E-state index >= 15 is 0 Å². The van der Waals surface area contributed by atoms with Crippen LogP contribution in [0.15, 0.2) is 54.6 Å². The molecule has 0 aliphatic heterocycles. The first kappa shape index (κ1) is 22.3. The number of carbonyl (C=O) groups excluding carboxylic acids is 1. The Morgan fingerprint density at radius 2 is 1.65 bits per heavy atom. The van der Waals surface area contributed by atoms with Gasteiger partial charge in [-0.25, -0.2) is 22.4 Å². The van der Waals surface area contributed by atoms with E-state index in [9.17, 15) is 22.4 Å². The third-order valence-corrected chi connectivity index (χ3v) is 4.58. The lowest BCUT2D eigenvalue weighted by atomic mass is 9.98. The maximum absolute atomic E-state index is 14.7. The Hall–Kier alpha value is -3.35. The van der Waals surface area contributed by atoms with E-state index in [2.05, 4.69) is 0 Å². The molecule has 0 aromatic heterocycles. The van der Waals surface area contributed by atoms with Gasteiger partial charge in [0.05, 0.1) is 6.61 Å². The van der Waals surface area contributed by atoms with Gasteiger partial charge in [-0.15, -0.1) is 0 Å². The molecule has 3 aromatic carbocycles. The highest BCUT2D eigenvalue weighted by molar-refractivity contribution is 5.71. The molecule has 3 nitrogen and oxygen atoms in total. The van der Waals surface area contributed by atoms with Crippen molar-refractivity contribution in [2.45, 2.75) is 19.8 Å². The summed E-state index contributed by atoms with van der Waals surface area (Å²) in [7, 11) is 0. The molecule has 0 fully saturated rings. The SMILES string of the molecule is CCOC(=O)COc1ccc(F)c(CCc2cc(F)cc(-c3cccc(F)c3)c2)c1F. The van der Waals surface area contributed by atoms with Gasteiger partial charge in [0.2, 0.25) is 0 Å². The van der Waals surface area contributed by atoms with Crippen molar-refractivity contribution in [3.63, 3.8) is 0 Å². The maximum atomic E-state index is 14.7. The second-order valence-corrected chi connectivity index (χ2v) is 6.79. The molecule has 0 amide bonds. The minimum absolute atomic E-state index is 0.0691. The van der Waals surface area contributed by atoms with Gasteiger partial charge in [-0.2, -0.15) is 0 Å². The van der Waals surface area contributed by atoms with Crippen LogP contribution in [0.4, 0.5) is 17.6 Å². The van der Waals surface area contributed by atoms with Gasteiger partial charge in [-0.3, -0.25) is 0 Å². The Kier molecular flexibility index (Phi) is 7.28. The van der Waals surface area contributed by atoms with Gasteiger partial charge in [0, 0.05) is 5.56 Å². The first-order valence-electron chi connectivity index (χ1n) is 9.68. The zero-order valence-electron chi connectivity index (χ0n) is 16.8. The molecular weight excluding hydrogens is 412 g/mol. The number of carbonyl (C=O) groups is 1. The van der Waals surface area contributed by atoms with E-state index in [4.69, 9.17) is 9.47 Å². The van der Waals surface area contributed by atoms with Gasteiger partial charge < -0.3 is 9.47 Å². The highest BCUT2D eigenvalue weighted by Gasteiger charge is 2.16. The first-order chi connectivity index (χ1) is 14.9. The summed E-state index contributed by atoms with van der Waals surface area (Å²) in [5, 5.41) is 0. The van der Waals surface area contributed by atoms with Crippen molar-refractivity contribution in [1.82, 2.24) is 0 Å². The van der Waals surface area contributed by atoms with Crippen molar-refractivity contribution in [1.29, 1.82) is 0 Å². The summed E-state index contributed by atoms with van der Waals surface area (Å²) >= 11 is 0. The third kappa shape index (κ3) is 5.84. The molecule has 0 spiro atoms. The molecule has 0 atom stereocenters. The number of esters is 1. The Morgan fingerprint density at radius 3 is 2.39 bits per heavy atom. The molecule has 7 heteroatoms.